The fraction of sp³-hybridized carbons (Fsp3) is 0.417. The molecule has 0 unspecified atom stereocenters. The lowest BCUT2D eigenvalue weighted by atomic mass is 9.91. The lowest BCUT2D eigenvalue weighted by Crippen LogP contribution is -2.13. The number of nitrogens with zero attached hydrogens (tertiary/aromatic N) is 1. The van der Waals surface area contributed by atoms with Gasteiger partial charge in [0.25, 0.3) is 0 Å². The van der Waals surface area contributed by atoms with E-state index in [0.29, 0.717) is 11.8 Å². The van der Waals surface area contributed by atoms with Gasteiger partial charge in [-0.3, -0.25) is 4.99 Å². The second kappa shape index (κ2) is 3.33. The molecule has 2 atom stereocenters. The van der Waals surface area contributed by atoms with Gasteiger partial charge in [0.15, 0.2) is 0 Å². The zero-order chi connectivity index (χ0) is 9.26. The van der Waals surface area contributed by atoms with Gasteiger partial charge in [0.05, 0.1) is 0 Å². The van der Waals surface area contributed by atoms with E-state index in [1.54, 1.807) is 0 Å². The predicted octanol–water partition coefficient (Wildman–Crippen LogP) is 2.76. The molecular weight excluding hydrogens is 158 g/mol. The molecule has 0 aromatic heterocycles. The van der Waals surface area contributed by atoms with Crippen molar-refractivity contribution in [1.82, 2.24) is 0 Å². The molecule has 0 fully saturated rings. The number of benzene rings is 1. The number of hydrogen-bond donors (Lipinski definition) is 0. The van der Waals surface area contributed by atoms with Crippen LogP contribution in [-0.2, 0) is 0 Å². The number of rotatable bonds is 1. The van der Waals surface area contributed by atoms with Crippen molar-refractivity contribution < 1.29 is 0 Å². The van der Waals surface area contributed by atoms with Gasteiger partial charge in [-0.15, -0.1) is 0 Å². The van der Waals surface area contributed by atoms with Crippen LogP contribution in [0.5, 0.6) is 0 Å². The summed E-state index contributed by atoms with van der Waals surface area (Å²) in [5.74, 6) is 1.32. The van der Waals surface area contributed by atoms with Gasteiger partial charge >= 0.3 is 0 Å². The molecular formula is C12H15N. The maximum atomic E-state index is 4.58. The summed E-state index contributed by atoms with van der Waals surface area (Å²) in [6.45, 7) is 5.53. The van der Waals surface area contributed by atoms with Gasteiger partial charge in [0.2, 0.25) is 0 Å². The molecule has 0 amide bonds. The molecule has 1 aliphatic rings. The molecule has 1 nitrogen and oxygen atoms in total. The molecule has 0 saturated carbocycles. The summed E-state index contributed by atoms with van der Waals surface area (Å²) in [5, 5.41) is 0. The summed E-state index contributed by atoms with van der Waals surface area (Å²) in [7, 11) is 0. The zero-order valence-corrected chi connectivity index (χ0v) is 8.20. The van der Waals surface area contributed by atoms with Crippen LogP contribution >= 0.6 is 0 Å². The van der Waals surface area contributed by atoms with E-state index in [4.69, 9.17) is 0 Å². The van der Waals surface area contributed by atoms with E-state index < -0.39 is 0 Å². The van der Waals surface area contributed by atoms with Gasteiger partial charge in [0, 0.05) is 18.2 Å². The summed E-state index contributed by atoms with van der Waals surface area (Å²) in [4.78, 5) is 4.58. The largest absolute Gasteiger partial charge is 0.289 e. The lowest BCUT2D eigenvalue weighted by molar-refractivity contribution is 0.534. The van der Waals surface area contributed by atoms with Crippen molar-refractivity contribution in [1.29, 1.82) is 0 Å². The Kier molecular flexibility index (Phi) is 2.17. The first-order valence-electron chi connectivity index (χ1n) is 4.89. The molecule has 1 heteroatoms. The summed E-state index contributed by atoms with van der Waals surface area (Å²) >= 11 is 0. The normalized spacial score (nSPS) is 27.4. The van der Waals surface area contributed by atoms with E-state index in [9.17, 15) is 0 Å². The Morgan fingerprint density at radius 2 is 1.85 bits per heavy atom. The number of hydrogen-bond acceptors (Lipinski definition) is 1. The number of aliphatic imine (C=N–C) groups is 1. The Morgan fingerprint density at radius 3 is 2.38 bits per heavy atom. The third-order valence-electron chi connectivity index (χ3n) is 2.90. The topological polar surface area (TPSA) is 12.4 Å². The quantitative estimate of drug-likeness (QED) is 0.619. The Labute approximate surface area is 79.5 Å². The molecule has 1 aromatic rings. The van der Waals surface area contributed by atoms with Crippen LogP contribution in [0.3, 0.4) is 0 Å². The van der Waals surface area contributed by atoms with E-state index in [-0.39, 0.29) is 0 Å². The fourth-order valence-corrected chi connectivity index (χ4v) is 1.78. The van der Waals surface area contributed by atoms with E-state index in [1.807, 2.05) is 6.07 Å². The van der Waals surface area contributed by atoms with Crippen LogP contribution in [0.2, 0.25) is 0 Å². The Balaban J connectivity index is 2.29. The smallest absolute Gasteiger partial charge is 0.0452 e. The van der Waals surface area contributed by atoms with Crippen LogP contribution in [0.25, 0.3) is 0 Å². The van der Waals surface area contributed by atoms with Crippen molar-refractivity contribution in [3.05, 3.63) is 35.9 Å². The van der Waals surface area contributed by atoms with Crippen LogP contribution in [0.1, 0.15) is 19.4 Å². The van der Waals surface area contributed by atoms with Crippen molar-refractivity contribution in [2.24, 2.45) is 16.8 Å². The molecule has 1 aromatic carbocycles. The Hall–Kier alpha value is -1.11. The first-order chi connectivity index (χ1) is 6.29. The maximum absolute atomic E-state index is 4.58. The van der Waals surface area contributed by atoms with E-state index in [2.05, 4.69) is 43.1 Å². The Morgan fingerprint density at radius 1 is 1.15 bits per heavy atom. The SMILES string of the molecule is C[C@@H]1C(c2ccccc2)=NC[C@@H]1C. The standard InChI is InChI=1S/C12H15N/c1-9-8-13-12(10(9)2)11-6-4-3-5-7-11/h3-7,9-10H,8H2,1-2H3/t9-,10-/m0/s1. The van der Waals surface area contributed by atoms with E-state index in [1.165, 1.54) is 11.3 Å². The van der Waals surface area contributed by atoms with Gasteiger partial charge in [-0.05, 0) is 11.5 Å². The van der Waals surface area contributed by atoms with Crippen LogP contribution in [0.15, 0.2) is 35.3 Å². The highest BCUT2D eigenvalue weighted by Crippen LogP contribution is 2.24. The van der Waals surface area contributed by atoms with E-state index >= 15 is 0 Å². The first-order valence-corrected chi connectivity index (χ1v) is 4.89. The molecule has 0 bridgehead atoms. The molecule has 0 saturated heterocycles. The first kappa shape index (κ1) is 8.49. The molecule has 13 heavy (non-hydrogen) atoms. The molecule has 1 heterocycles. The second-order valence-corrected chi connectivity index (χ2v) is 3.86. The third-order valence-corrected chi connectivity index (χ3v) is 2.90. The molecule has 0 N–H and O–H groups in total. The minimum atomic E-state index is 0.613. The summed E-state index contributed by atoms with van der Waals surface area (Å²) < 4.78 is 0. The third kappa shape index (κ3) is 1.51. The van der Waals surface area contributed by atoms with Crippen molar-refractivity contribution in [2.75, 3.05) is 6.54 Å². The second-order valence-electron chi connectivity index (χ2n) is 3.86. The van der Waals surface area contributed by atoms with Crippen molar-refractivity contribution in [3.63, 3.8) is 0 Å². The molecule has 2 rings (SSSR count). The predicted molar refractivity (Wildman–Crippen MR) is 56.2 cm³/mol. The highest BCUT2D eigenvalue weighted by atomic mass is 14.8. The minimum absolute atomic E-state index is 0.613. The van der Waals surface area contributed by atoms with Crippen LogP contribution in [0, 0.1) is 11.8 Å². The van der Waals surface area contributed by atoms with E-state index in [0.717, 1.165) is 6.54 Å². The van der Waals surface area contributed by atoms with Crippen LogP contribution < -0.4 is 0 Å². The van der Waals surface area contributed by atoms with Crippen molar-refractivity contribution in [3.8, 4) is 0 Å². The van der Waals surface area contributed by atoms with Crippen molar-refractivity contribution >= 4 is 5.71 Å². The lowest BCUT2D eigenvalue weighted by Gasteiger charge is -2.11. The van der Waals surface area contributed by atoms with Gasteiger partial charge in [-0.25, -0.2) is 0 Å². The molecule has 68 valence electrons. The van der Waals surface area contributed by atoms with Crippen molar-refractivity contribution in [2.45, 2.75) is 13.8 Å². The zero-order valence-electron chi connectivity index (χ0n) is 8.20. The average Bonchev–Trinajstić information content (AvgIpc) is 2.49. The summed E-state index contributed by atoms with van der Waals surface area (Å²) in [6.07, 6.45) is 0. The molecule has 0 aliphatic carbocycles. The van der Waals surface area contributed by atoms with Crippen LogP contribution in [-0.4, -0.2) is 12.3 Å². The fourth-order valence-electron chi connectivity index (χ4n) is 1.78. The summed E-state index contributed by atoms with van der Waals surface area (Å²) in [5.41, 5.74) is 2.58. The van der Waals surface area contributed by atoms with Gasteiger partial charge in [-0.1, -0.05) is 44.2 Å². The van der Waals surface area contributed by atoms with Crippen LogP contribution in [0.4, 0.5) is 0 Å². The maximum Gasteiger partial charge on any atom is 0.0452 e. The summed E-state index contributed by atoms with van der Waals surface area (Å²) in [6, 6.07) is 10.5. The molecule has 0 spiro atoms. The monoisotopic (exact) mass is 173 g/mol. The molecule has 0 radical (unpaired) electrons. The Bertz CT molecular complexity index is 313. The van der Waals surface area contributed by atoms with Gasteiger partial charge in [-0.2, -0.15) is 0 Å². The highest BCUT2D eigenvalue weighted by Gasteiger charge is 2.24. The molecule has 1 aliphatic heterocycles. The average molecular weight is 173 g/mol. The highest BCUT2D eigenvalue weighted by molar-refractivity contribution is 6.03. The van der Waals surface area contributed by atoms with Gasteiger partial charge < -0.3 is 0 Å². The minimum Gasteiger partial charge on any atom is -0.289 e. The van der Waals surface area contributed by atoms with Gasteiger partial charge in [0.1, 0.15) is 0 Å².